The van der Waals surface area contributed by atoms with Crippen LogP contribution < -0.4 is 11.2 Å². The SMILES string of the molecule is NC(=O)CONC(=O)CSCc1ccc(Cl)cc1. The summed E-state index contributed by atoms with van der Waals surface area (Å²) < 4.78 is 0. The van der Waals surface area contributed by atoms with Gasteiger partial charge in [0, 0.05) is 10.8 Å². The van der Waals surface area contributed by atoms with E-state index in [-0.39, 0.29) is 18.3 Å². The molecule has 1 aromatic carbocycles. The van der Waals surface area contributed by atoms with Crippen LogP contribution in [0.25, 0.3) is 0 Å². The molecule has 1 aromatic rings. The number of thioether (sulfide) groups is 1. The highest BCUT2D eigenvalue weighted by atomic mass is 35.5. The fourth-order valence-electron chi connectivity index (χ4n) is 1.06. The van der Waals surface area contributed by atoms with Crippen molar-refractivity contribution in [2.45, 2.75) is 5.75 Å². The maximum absolute atomic E-state index is 11.2. The lowest BCUT2D eigenvalue weighted by molar-refractivity contribution is -0.135. The zero-order valence-electron chi connectivity index (χ0n) is 9.52. The lowest BCUT2D eigenvalue weighted by atomic mass is 10.2. The molecule has 0 saturated heterocycles. The van der Waals surface area contributed by atoms with Crippen molar-refractivity contribution >= 4 is 35.2 Å². The maximum Gasteiger partial charge on any atom is 0.253 e. The number of hydroxylamine groups is 1. The monoisotopic (exact) mass is 288 g/mol. The van der Waals surface area contributed by atoms with Crippen molar-refractivity contribution in [1.29, 1.82) is 0 Å². The van der Waals surface area contributed by atoms with Crippen LogP contribution in [0.3, 0.4) is 0 Å². The number of hydrogen-bond donors (Lipinski definition) is 2. The van der Waals surface area contributed by atoms with Gasteiger partial charge < -0.3 is 5.73 Å². The van der Waals surface area contributed by atoms with Crippen molar-refractivity contribution < 1.29 is 14.4 Å². The number of nitrogens with one attached hydrogen (secondary N) is 1. The number of primary amides is 1. The third-order valence-corrected chi connectivity index (χ3v) is 3.07. The molecule has 1 rings (SSSR count). The Morgan fingerprint density at radius 2 is 2.00 bits per heavy atom. The van der Waals surface area contributed by atoms with Crippen molar-refractivity contribution in [3.8, 4) is 0 Å². The molecule has 3 N–H and O–H groups in total. The molecule has 0 aliphatic carbocycles. The minimum Gasteiger partial charge on any atom is -0.368 e. The molecule has 0 aliphatic heterocycles. The fraction of sp³-hybridized carbons (Fsp3) is 0.273. The van der Waals surface area contributed by atoms with Crippen LogP contribution in [-0.2, 0) is 20.2 Å². The first kappa shape index (κ1) is 14.8. The van der Waals surface area contributed by atoms with Crippen LogP contribution in [0.2, 0.25) is 5.02 Å². The largest absolute Gasteiger partial charge is 0.368 e. The van der Waals surface area contributed by atoms with E-state index in [0.717, 1.165) is 5.56 Å². The highest BCUT2D eigenvalue weighted by Gasteiger charge is 2.03. The lowest BCUT2D eigenvalue weighted by Gasteiger charge is -2.04. The smallest absolute Gasteiger partial charge is 0.253 e. The van der Waals surface area contributed by atoms with E-state index in [1.165, 1.54) is 11.8 Å². The molecule has 0 saturated carbocycles. The summed E-state index contributed by atoms with van der Waals surface area (Å²) in [6.45, 7) is -0.326. The number of hydrogen-bond acceptors (Lipinski definition) is 4. The lowest BCUT2D eigenvalue weighted by Crippen LogP contribution is -2.30. The normalized spacial score (nSPS) is 10.1. The van der Waals surface area contributed by atoms with Gasteiger partial charge in [0.25, 0.3) is 5.91 Å². The van der Waals surface area contributed by atoms with Crippen LogP contribution in [0.5, 0.6) is 0 Å². The number of carbonyl (C=O) groups excluding carboxylic acids is 2. The molecular weight excluding hydrogens is 276 g/mol. The van der Waals surface area contributed by atoms with Gasteiger partial charge in [0.05, 0.1) is 5.75 Å². The van der Waals surface area contributed by atoms with E-state index in [1.54, 1.807) is 12.1 Å². The third-order valence-electron chi connectivity index (χ3n) is 1.82. The van der Waals surface area contributed by atoms with Gasteiger partial charge in [-0.05, 0) is 17.7 Å². The quantitative estimate of drug-likeness (QED) is 0.736. The zero-order chi connectivity index (χ0) is 13.4. The van der Waals surface area contributed by atoms with Crippen LogP contribution in [0.4, 0.5) is 0 Å². The second kappa shape index (κ2) is 7.97. The summed E-state index contributed by atoms with van der Waals surface area (Å²) in [4.78, 5) is 26.1. The van der Waals surface area contributed by atoms with Gasteiger partial charge in [-0.3, -0.25) is 14.4 Å². The summed E-state index contributed by atoms with van der Waals surface area (Å²) in [5.41, 5.74) is 8.04. The first-order chi connectivity index (χ1) is 8.58. The van der Waals surface area contributed by atoms with Gasteiger partial charge in [0.1, 0.15) is 0 Å². The molecule has 0 spiro atoms. The highest BCUT2D eigenvalue weighted by molar-refractivity contribution is 7.99. The molecule has 0 aliphatic rings. The first-order valence-corrected chi connectivity index (χ1v) is 6.62. The van der Waals surface area contributed by atoms with Crippen LogP contribution in [0, 0.1) is 0 Å². The molecule has 5 nitrogen and oxygen atoms in total. The van der Waals surface area contributed by atoms with Gasteiger partial charge in [0.2, 0.25) is 5.91 Å². The number of rotatable bonds is 7. The molecule has 0 bridgehead atoms. The second-order valence-corrected chi connectivity index (χ2v) is 4.82. The van der Waals surface area contributed by atoms with Crippen molar-refractivity contribution in [1.82, 2.24) is 5.48 Å². The summed E-state index contributed by atoms with van der Waals surface area (Å²) in [7, 11) is 0. The number of amides is 2. The van der Waals surface area contributed by atoms with Gasteiger partial charge >= 0.3 is 0 Å². The highest BCUT2D eigenvalue weighted by Crippen LogP contribution is 2.15. The van der Waals surface area contributed by atoms with Crippen LogP contribution in [0.15, 0.2) is 24.3 Å². The van der Waals surface area contributed by atoms with Gasteiger partial charge in [-0.1, -0.05) is 23.7 Å². The molecular formula is C11H13ClN2O3S. The van der Waals surface area contributed by atoms with Crippen LogP contribution in [-0.4, -0.2) is 24.2 Å². The van der Waals surface area contributed by atoms with Crippen molar-refractivity contribution in [2.75, 3.05) is 12.4 Å². The van der Waals surface area contributed by atoms with Crippen molar-refractivity contribution in [3.05, 3.63) is 34.9 Å². The van der Waals surface area contributed by atoms with E-state index < -0.39 is 5.91 Å². The average molecular weight is 289 g/mol. The van der Waals surface area contributed by atoms with Crippen LogP contribution in [0.1, 0.15) is 5.56 Å². The zero-order valence-corrected chi connectivity index (χ0v) is 11.1. The van der Waals surface area contributed by atoms with E-state index in [4.69, 9.17) is 17.3 Å². The minimum atomic E-state index is -0.635. The fourth-order valence-corrected chi connectivity index (χ4v) is 1.96. The van der Waals surface area contributed by atoms with E-state index in [1.807, 2.05) is 12.1 Å². The summed E-state index contributed by atoms with van der Waals surface area (Å²) in [6.07, 6.45) is 0. The standard InChI is InChI=1S/C11H13ClN2O3S/c12-9-3-1-8(2-4-9)6-18-7-11(16)14-17-5-10(13)15/h1-4H,5-7H2,(H2,13,15)(H,14,16). The van der Waals surface area contributed by atoms with E-state index in [2.05, 4.69) is 10.3 Å². The number of carbonyl (C=O) groups is 2. The Morgan fingerprint density at radius 3 is 2.61 bits per heavy atom. The summed E-state index contributed by atoms with van der Waals surface area (Å²) in [5.74, 6) is -0.0127. The molecule has 98 valence electrons. The summed E-state index contributed by atoms with van der Waals surface area (Å²) >= 11 is 7.18. The molecule has 0 fully saturated rings. The minimum absolute atomic E-state index is 0.237. The molecule has 0 aromatic heterocycles. The van der Waals surface area contributed by atoms with Crippen LogP contribution >= 0.6 is 23.4 Å². The van der Waals surface area contributed by atoms with Gasteiger partial charge in [0.15, 0.2) is 6.61 Å². The average Bonchev–Trinajstić information content (AvgIpc) is 2.31. The molecule has 7 heteroatoms. The molecule has 18 heavy (non-hydrogen) atoms. The van der Waals surface area contributed by atoms with Gasteiger partial charge in [-0.15, -0.1) is 11.8 Å². The van der Waals surface area contributed by atoms with Crippen molar-refractivity contribution in [3.63, 3.8) is 0 Å². The number of nitrogens with two attached hydrogens (primary N) is 1. The van der Waals surface area contributed by atoms with E-state index >= 15 is 0 Å². The first-order valence-electron chi connectivity index (χ1n) is 5.09. The Labute approximate surface area is 114 Å². The number of benzene rings is 1. The van der Waals surface area contributed by atoms with Crippen molar-refractivity contribution in [2.24, 2.45) is 5.73 Å². The van der Waals surface area contributed by atoms with Gasteiger partial charge in [-0.25, -0.2) is 5.48 Å². The Kier molecular flexibility index (Phi) is 6.56. The summed E-state index contributed by atoms with van der Waals surface area (Å²) in [5, 5.41) is 0.682. The maximum atomic E-state index is 11.2. The Hall–Kier alpha value is -1.24. The van der Waals surface area contributed by atoms with Gasteiger partial charge in [-0.2, -0.15) is 0 Å². The topological polar surface area (TPSA) is 81.4 Å². The Balaban J connectivity index is 2.15. The predicted octanol–water partition coefficient (Wildman–Crippen LogP) is 1.11. The van der Waals surface area contributed by atoms with E-state index in [9.17, 15) is 9.59 Å². The Morgan fingerprint density at radius 1 is 1.33 bits per heavy atom. The summed E-state index contributed by atoms with van der Waals surface area (Å²) in [6, 6.07) is 7.40. The number of halogens is 1. The molecule has 0 atom stereocenters. The second-order valence-electron chi connectivity index (χ2n) is 3.40. The van der Waals surface area contributed by atoms with E-state index in [0.29, 0.717) is 10.8 Å². The molecule has 2 amide bonds. The Bertz CT molecular complexity index is 411. The molecule has 0 unspecified atom stereocenters. The molecule has 0 heterocycles. The third kappa shape index (κ3) is 6.48. The molecule has 0 radical (unpaired) electrons. The predicted molar refractivity (Wildman–Crippen MR) is 70.9 cm³/mol.